The minimum Gasteiger partial charge on any atom is -0.456 e. The van der Waals surface area contributed by atoms with Crippen molar-refractivity contribution in [2.75, 3.05) is 0 Å². The Kier molecular flexibility index (Phi) is 4.70. The normalized spacial score (nSPS) is 14.1. The fraction of sp³-hybridized carbons (Fsp3) is 0. The van der Waals surface area contributed by atoms with Crippen molar-refractivity contribution in [3.05, 3.63) is 182 Å². The van der Waals surface area contributed by atoms with Crippen molar-refractivity contribution in [1.29, 1.82) is 0 Å². The predicted octanol–water partition coefficient (Wildman–Crippen LogP) is 15.1. The van der Waals surface area contributed by atoms with Gasteiger partial charge in [-0.1, -0.05) is 133 Å². The Morgan fingerprint density at radius 1 is 0.315 bits per heavy atom. The second-order valence-electron chi connectivity index (χ2n) is 13.8. The Bertz CT molecular complexity index is 3900. The zero-order valence-electron chi connectivity index (χ0n) is 36.5. The van der Waals surface area contributed by atoms with Crippen LogP contribution < -0.4 is 0 Å². The van der Waals surface area contributed by atoms with Gasteiger partial charge in [0.1, 0.15) is 22.3 Å². The molecule has 0 aliphatic heterocycles. The highest BCUT2D eigenvalue weighted by molar-refractivity contribution is 6.26. The summed E-state index contributed by atoms with van der Waals surface area (Å²) in [4.78, 5) is 0. The van der Waals surface area contributed by atoms with E-state index in [0.717, 1.165) is 76.5 Å². The molecule has 10 aromatic carbocycles. The lowest BCUT2D eigenvalue weighted by atomic mass is 9.85. The maximum Gasteiger partial charge on any atom is 0.136 e. The van der Waals surface area contributed by atoms with E-state index < -0.39 is 24.2 Å². The van der Waals surface area contributed by atoms with E-state index >= 15 is 0 Å². The van der Waals surface area contributed by atoms with Crippen molar-refractivity contribution in [2.24, 2.45) is 0 Å². The van der Waals surface area contributed by atoms with E-state index in [1.807, 2.05) is 103 Å². The molecule has 0 saturated heterocycles. The van der Waals surface area contributed by atoms with Gasteiger partial charge in [-0.05, 0) is 125 Å². The molecule has 0 radical (unpaired) electrons. The zero-order chi connectivity index (χ0) is 42.3. The quantitative estimate of drug-likeness (QED) is 0.172. The van der Waals surface area contributed by atoms with Crippen molar-refractivity contribution < 1.29 is 19.8 Å². The van der Waals surface area contributed by atoms with Crippen molar-refractivity contribution >= 4 is 87.0 Å². The Balaban J connectivity index is 1.07. The van der Waals surface area contributed by atoms with Gasteiger partial charge in [0.25, 0.3) is 0 Å². The van der Waals surface area contributed by atoms with E-state index in [-0.39, 0.29) is 45.7 Å². The number of rotatable bonds is 3. The van der Waals surface area contributed by atoms with Crippen molar-refractivity contribution in [3.63, 3.8) is 0 Å². The summed E-state index contributed by atoms with van der Waals surface area (Å²) in [6.45, 7) is 0. The van der Waals surface area contributed by atoms with Crippen LogP contribution in [0.2, 0.25) is 0 Å². The third-order valence-corrected chi connectivity index (χ3v) is 10.9. The second kappa shape index (κ2) is 11.2. The molecule has 12 rings (SSSR count). The number of benzene rings is 10. The van der Waals surface area contributed by atoms with E-state index in [1.165, 1.54) is 0 Å². The molecule has 0 bridgehead atoms. The van der Waals surface area contributed by atoms with Gasteiger partial charge in [0.15, 0.2) is 0 Å². The molecule has 2 aromatic heterocycles. The van der Waals surface area contributed by atoms with Gasteiger partial charge in [0.05, 0.1) is 11.0 Å². The van der Waals surface area contributed by atoms with Crippen LogP contribution in [0.25, 0.3) is 120 Å². The molecule has 0 atom stereocenters. The number of para-hydroxylation sites is 1. The maximum absolute atomic E-state index is 9.35. The van der Waals surface area contributed by atoms with Crippen molar-refractivity contribution in [1.82, 2.24) is 0 Å². The summed E-state index contributed by atoms with van der Waals surface area (Å²) in [6, 6.07) is 40.6. The van der Waals surface area contributed by atoms with Crippen molar-refractivity contribution in [2.45, 2.75) is 0 Å². The minimum atomic E-state index is -0.428. The Morgan fingerprint density at radius 2 is 0.759 bits per heavy atom. The molecule has 0 amide bonds. The molecule has 0 saturated carbocycles. The smallest absolute Gasteiger partial charge is 0.136 e. The van der Waals surface area contributed by atoms with Crippen LogP contribution in [-0.4, -0.2) is 0 Å². The first kappa shape index (κ1) is 22.7. The molecular formula is C52H30O2. The van der Waals surface area contributed by atoms with Gasteiger partial charge < -0.3 is 8.83 Å². The summed E-state index contributed by atoms with van der Waals surface area (Å²) >= 11 is 0. The van der Waals surface area contributed by atoms with Crippen LogP contribution in [0.4, 0.5) is 0 Å². The standard InChI is InChI=1S/C52H30O2/c1-2-10-32-28-37(21-17-31(32)9-1)49-39-11-3-5-13-41(39)50(42-14-6-4-12-40(42)49)38-22-20-33-27-34(18-19-35(33)29-38)36-23-24-44-48(30-36)54-47-26-25-46-51(52(44)47)43-15-7-8-16-45(43)53-46/h1-30H/i3D,4D,5D,6D,11D,12D,13D,14D. The summed E-state index contributed by atoms with van der Waals surface area (Å²) in [5.74, 6) is 0. The molecule has 12 aromatic rings. The lowest BCUT2D eigenvalue weighted by Crippen LogP contribution is -1.91. The van der Waals surface area contributed by atoms with E-state index in [9.17, 15) is 5.48 Å². The molecule has 0 spiro atoms. The maximum atomic E-state index is 9.35. The lowest BCUT2D eigenvalue weighted by molar-refractivity contribution is 0.663. The first-order valence-electron chi connectivity index (χ1n) is 21.8. The Hall–Kier alpha value is -7.16. The van der Waals surface area contributed by atoms with Crippen LogP contribution in [0, 0.1) is 0 Å². The predicted molar refractivity (Wildman–Crippen MR) is 227 cm³/mol. The van der Waals surface area contributed by atoms with Gasteiger partial charge in [-0.3, -0.25) is 0 Å². The summed E-state index contributed by atoms with van der Waals surface area (Å²) < 4.78 is 85.1. The highest BCUT2D eigenvalue weighted by atomic mass is 16.3. The summed E-state index contributed by atoms with van der Waals surface area (Å²) in [5, 5.41) is 8.43. The van der Waals surface area contributed by atoms with Crippen molar-refractivity contribution in [3.8, 4) is 33.4 Å². The molecule has 2 heteroatoms. The van der Waals surface area contributed by atoms with E-state index in [2.05, 4.69) is 30.3 Å². The first-order chi connectivity index (χ1) is 30.1. The van der Waals surface area contributed by atoms with Crippen LogP contribution in [-0.2, 0) is 0 Å². The van der Waals surface area contributed by atoms with Gasteiger partial charge in [0.2, 0.25) is 0 Å². The molecular weight excluding hydrogens is 657 g/mol. The third-order valence-electron chi connectivity index (χ3n) is 10.9. The lowest BCUT2D eigenvalue weighted by Gasteiger charge is -2.18. The number of furan rings is 2. The molecule has 2 heterocycles. The molecule has 54 heavy (non-hydrogen) atoms. The van der Waals surface area contributed by atoms with E-state index in [0.29, 0.717) is 22.3 Å². The number of fused-ring (bicyclic) bond motifs is 11. The summed E-state index contributed by atoms with van der Waals surface area (Å²) in [6.07, 6.45) is 0. The van der Waals surface area contributed by atoms with Crippen LogP contribution in [0.1, 0.15) is 11.0 Å². The van der Waals surface area contributed by atoms with Crippen LogP contribution in [0.5, 0.6) is 0 Å². The monoisotopic (exact) mass is 694 g/mol. The molecule has 0 unspecified atom stereocenters. The van der Waals surface area contributed by atoms with Crippen LogP contribution in [0.15, 0.2) is 191 Å². The number of hydrogen-bond donors (Lipinski definition) is 0. The molecule has 0 aliphatic rings. The second-order valence-corrected chi connectivity index (χ2v) is 13.8. The summed E-state index contributed by atoms with van der Waals surface area (Å²) in [5.41, 5.74) is 6.88. The zero-order valence-corrected chi connectivity index (χ0v) is 28.5. The molecule has 0 aliphatic carbocycles. The average molecular weight is 695 g/mol. The SMILES string of the molecule is [2H]c1c([2H])c([2H])c2c(-c3ccc4cc(-c5ccc6c(c5)oc5ccc7oc8ccccc8c7c56)ccc4c3)c3c([2H])c([2H])c([2H])c([2H])c3c(-c3ccc4ccccc4c3)c2c1[2H]. The highest BCUT2D eigenvalue weighted by Crippen LogP contribution is 2.45. The largest absolute Gasteiger partial charge is 0.456 e. The van der Waals surface area contributed by atoms with Gasteiger partial charge in [-0.25, -0.2) is 0 Å². The van der Waals surface area contributed by atoms with Gasteiger partial charge in [0, 0.05) is 21.5 Å². The molecule has 0 fully saturated rings. The molecule has 250 valence electrons. The molecule has 2 nitrogen and oxygen atoms in total. The fourth-order valence-corrected chi connectivity index (χ4v) is 8.39. The Morgan fingerprint density at radius 3 is 1.41 bits per heavy atom. The average Bonchev–Trinajstić information content (AvgIpc) is 3.87. The van der Waals surface area contributed by atoms with E-state index in [1.54, 1.807) is 0 Å². The minimum absolute atomic E-state index is 0.187. The first-order valence-corrected chi connectivity index (χ1v) is 17.8. The van der Waals surface area contributed by atoms with Crippen LogP contribution in [0.3, 0.4) is 0 Å². The van der Waals surface area contributed by atoms with E-state index in [4.69, 9.17) is 14.3 Å². The van der Waals surface area contributed by atoms with Gasteiger partial charge in [-0.2, -0.15) is 0 Å². The number of hydrogen-bond acceptors (Lipinski definition) is 2. The fourth-order valence-electron chi connectivity index (χ4n) is 8.39. The Labute approximate surface area is 321 Å². The third kappa shape index (κ3) is 4.28. The highest BCUT2D eigenvalue weighted by Gasteiger charge is 2.19. The molecule has 0 N–H and O–H groups in total. The van der Waals surface area contributed by atoms with Gasteiger partial charge in [-0.15, -0.1) is 0 Å². The van der Waals surface area contributed by atoms with Gasteiger partial charge >= 0.3 is 0 Å². The summed E-state index contributed by atoms with van der Waals surface area (Å²) in [7, 11) is 0. The topological polar surface area (TPSA) is 26.3 Å². The van der Waals surface area contributed by atoms with Crippen LogP contribution >= 0.6 is 0 Å².